The first kappa shape index (κ1) is 12.8. The molecule has 0 bridgehead atoms. The summed E-state index contributed by atoms with van der Waals surface area (Å²) in [4.78, 5) is 12.7. The van der Waals surface area contributed by atoms with E-state index in [2.05, 4.69) is 10.6 Å². The average Bonchev–Trinajstić information content (AvgIpc) is 3.27. The van der Waals surface area contributed by atoms with Gasteiger partial charge in [0.05, 0.1) is 10.7 Å². The molecular weight excluding hydrogens is 258 g/mol. The van der Waals surface area contributed by atoms with Crippen molar-refractivity contribution in [2.24, 2.45) is 5.92 Å². The van der Waals surface area contributed by atoms with Crippen molar-refractivity contribution in [2.45, 2.75) is 38.5 Å². The molecule has 104 valence electrons. The van der Waals surface area contributed by atoms with Gasteiger partial charge in [-0.3, -0.25) is 4.79 Å². The molecular formula is C14H21N3OS. The number of hydrogen-bond donors (Lipinski definition) is 3. The van der Waals surface area contributed by atoms with Gasteiger partial charge >= 0.3 is 0 Å². The molecule has 2 aliphatic carbocycles. The molecule has 0 unspecified atom stereocenters. The first-order valence-electron chi connectivity index (χ1n) is 7.15. The van der Waals surface area contributed by atoms with Crippen molar-refractivity contribution < 1.29 is 4.79 Å². The predicted octanol–water partition coefficient (Wildman–Crippen LogP) is 2.78. The molecule has 4 nitrogen and oxygen atoms in total. The summed E-state index contributed by atoms with van der Waals surface area (Å²) < 4.78 is 0. The molecule has 2 fully saturated rings. The van der Waals surface area contributed by atoms with E-state index in [9.17, 15) is 4.79 Å². The van der Waals surface area contributed by atoms with E-state index in [4.69, 9.17) is 5.73 Å². The summed E-state index contributed by atoms with van der Waals surface area (Å²) in [6, 6.07) is 0. The molecule has 5 heteroatoms. The third kappa shape index (κ3) is 2.71. The van der Waals surface area contributed by atoms with Gasteiger partial charge in [0.15, 0.2) is 0 Å². The van der Waals surface area contributed by atoms with Gasteiger partial charge in [-0.2, -0.15) is 0 Å². The van der Waals surface area contributed by atoms with Crippen LogP contribution in [0.2, 0.25) is 0 Å². The molecule has 3 rings (SSSR count). The first-order chi connectivity index (χ1) is 9.20. The predicted molar refractivity (Wildman–Crippen MR) is 79.9 cm³/mol. The van der Waals surface area contributed by atoms with Crippen molar-refractivity contribution >= 4 is 27.9 Å². The Hall–Kier alpha value is -1.23. The van der Waals surface area contributed by atoms with Crippen LogP contribution in [0.15, 0.2) is 0 Å². The molecule has 1 aromatic heterocycles. The van der Waals surface area contributed by atoms with Gasteiger partial charge in [-0.05, 0) is 44.4 Å². The van der Waals surface area contributed by atoms with Gasteiger partial charge < -0.3 is 16.4 Å². The summed E-state index contributed by atoms with van der Waals surface area (Å²) in [5.41, 5.74) is 8.11. The Labute approximate surface area is 117 Å². The van der Waals surface area contributed by atoms with Crippen LogP contribution in [0.4, 0.5) is 10.7 Å². The molecule has 19 heavy (non-hydrogen) atoms. The summed E-state index contributed by atoms with van der Waals surface area (Å²) in [5, 5.41) is 7.49. The highest BCUT2D eigenvalue weighted by molar-refractivity contribution is 7.18. The second-order valence-corrected chi connectivity index (χ2v) is 6.57. The Bertz CT molecular complexity index is 489. The number of carbonyl (C=O) groups excluding carboxylic acids is 1. The summed E-state index contributed by atoms with van der Waals surface area (Å²) in [6.07, 6.45) is 5.06. The molecule has 2 saturated carbocycles. The fourth-order valence-electron chi connectivity index (χ4n) is 2.33. The Morgan fingerprint density at radius 2 is 2.11 bits per heavy atom. The van der Waals surface area contributed by atoms with Gasteiger partial charge in [-0.1, -0.05) is 0 Å². The zero-order valence-electron chi connectivity index (χ0n) is 11.3. The molecule has 0 spiro atoms. The van der Waals surface area contributed by atoms with Gasteiger partial charge in [-0.15, -0.1) is 11.3 Å². The average molecular weight is 279 g/mol. The van der Waals surface area contributed by atoms with Crippen molar-refractivity contribution in [3.8, 4) is 0 Å². The third-order valence-electron chi connectivity index (χ3n) is 3.76. The van der Waals surface area contributed by atoms with E-state index in [1.165, 1.54) is 42.6 Å². The molecule has 2 aliphatic rings. The molecule has 0 aliphatic heterocycles. The maximum Gasteiger partial charge on any atom is 0.263 e. The second kappa shape index (κ2) is 5.04. The lowest BCUT2D eigenvalue weighted by Gasteiger charge is -2.06. The Balaban J connectivity index is 1.83. The SMILES string of the molecule is CCNC(=O)c1sc(NCC2CC2)c(C2CC2)c1N. The number of rotatable bonds is 6. The number of thiophene rings is 1. The summed E-state index contributed by atoms with van der Waals surface area (Å²) in [5.74, 6) is 1.36. The second-order valence-electron chi connectivity index (χ2n) is 5.55. The lowest BCUT2D eigenvalue weighted by molar-refractivity contribution is 0.0960. The molecule has 0 aromatic carbocycles. The van der Waals surface area contributed by atoms with Crippen molar-refractivity contribution in [3.05, 3.63) is 10.4 Å². The molecule has 4 N–H and O–H groups in total. The van der Waals surface area contributed by atoms with Gasteiger partial charge in [0.25, 0.3) is 5.91 Å². The quantitative estimate of drug-likeness (QED) is 0.750. The molecule has 1 aromatic rings. The highest BCUT2D eigenvalue weighted by Crippen LogP contribution is 2.51. The molecule has 0 radical (unpaired) electrons. The van der Waals surface area contributed by atoms with Crippen LogP contribution >= 0.6 is 11.3 Å². The molecule has 0 atom stereocenters. The topological polar surface area (TPSA) is 67.2 Å². The number of nitrogens with one attached hydrogen (secondary N) is 2. The first-order valence-corrected chi connectivity index (χ1v) is 7.96. The normalized spacial score (nSPS) is 18.4. The number of nitrogens with two attached hydrogens (primary N) is 1. The lowest BCUT2D eigenvalue weighted by Crippen LogP contribution is -2.22. The highest BCUT2D eigenvalue weighted by Gasteiger charge is 2.33. The zero-order valence-corrected chi connectivity index (χ0v) is 12.1. The van der Waals surface area contributed by atoms with E-state index in [1.54, 1.807) is 0 Å². The minimum absolute atomic E-state index is 0.0358. The minimum atomic E-state index is -0.0358. The van der Waals surface area contributed by atoms with Crippen molar-refractivity contribution in [1.29, 1.82) is 0 Å². The van der Waals surface area contributed by atoms with Gasteiger partial charge in [0, 0.05) is 18.7 Å². The Morgan fingerprint density at radius 1 is 1.37 bits per heavy atom. The van der Waals surface area contributed by atoms with Crippen molar-refractivity contribution in [3.63, 3.8) is 0 Å². The van der Waals surface area contributed by atoms with E-state index >= 15 is 0 Å². The van der Waals surface area contributed by atoms with E-state index < -0.39 is 0 Å². The monoisotopic (exact) mass is 279 g/mol. The van der Waals surface area contributed by atoms with Crippen molar-refractivity contribution in [2.75, 3.05) is 24.1 Å². The van der Waals surface area contributed by atoms with Crippen LogP contribution in [0.25, 0.3) is 0 Å². The van der Waals surface area contributed by atoms with Gasteiger partial charge in [-0.25, -0.2) is 0 Å². The smallest absolute Gasteiger partial charge is 0.263 e. The lowest BCUT2D eigenvalue weighted by atomic mass is 10.1. The number of carbonyl (C=O) groups is 1. The van der Waals surface area contributed by atoms with E-state index in [1.807, 2.05) is 6.92 Å². The number of hydrogen-bond acceptors (Lipinski definition) is 4. The van der Waals surface area contributed by atoms with Crippen molar-refractivity contribution in [1.82, 2.24) is 5.32 Å². The maximum atomic E-state index is 12.0. The van der Waals surface area contributed by atoms with E-state index in [0.717, 1.165) is 17.5 Å². The summed E-state index contributed by atoms with van der Waals surface area (Å²) in [7, 11) is 0. The molecule has 0 saturated heterocycles. The summed E-state index contributed by atoms with van der Waals surface area (Å²) >= 11 is 1.52. The Kier molecular flexibility index (Phi) is 3.39. The van der Waals surface area contributed by atoms with Crippen LogP contribution in [0.3, 0.4) is 0 Å². The van der Waals surface area contributed by atoms with Crippen LogP contribution in [0.5, 0.6) is 0 Å². The van der Waals surface area contributed by atoms with E-state index in [-0.39, 0.29) is 5.91 Å². The largest absolute Gasteiger partial charge is 0.397 e. The zero-order chi connectivity index (χ0) is 13.4. The van der Waals surface area contributed by atoms with Crippen LogP contribution in [0, 0.1) is 5.92 Å². The standard InChI is InChI=1S/C14H21N3OS/c1-2-16-13(18)12-11(15)10(9-5-6-9)14(19-12)17-7-8-3-4-8/h8-9,17H,2-7,15H2,1H3,(H,16,18). The fourth-order valence-corrected chi connectivity index (χ4v) is 3.46. The van der Waals surface area contributed by atoms with E-state index in [0.29, 0.717) is 23.0 Å². The van der Waals surface area contributed by atoms with Crippen LogP contribution < -0.4 is 16.4 Å². The van der Waals surface area contributed by atoms with Crippen LogP contribution in [0.1, 0.15) is 53.8 Å². The third-order valence-corrected chi connectivity index (χ3v) is 4.94. The van der Waals surface area contributed by atoms with Gasteiger partial charge in [0.1, 0.15) is 4.88 Å². The maximum absolute atomic E-state index is 12.0. The summed E-state index contributed by atoms with van der Waals surface area (Å²) in [6.45, 7) is 3.59. The Morgan fingerprint density at radius 3 is 2.68 bits per heavy atom. The number of anilines is 2. The fraction of sp³-hybridized carbons (Fsp3) is 0.643. The molecule has 1 amide bonds. The minimum Gasteiger partial charge on any atom is -0.397 e. The molecule has 1 heterocycles. The van der Waals surface area contributed by atoms with Crippen LogP contribution in [-0.2, 0) is 0 Å². The van der Waals surface area contributed by atoms with Gasteiger partial charge in [0.2, 0.25) is 0 Å². The number of amides is 1. The number of nitrogen functional groups attached to an aromatic ring is 1. The highest BCUT2D eigenvalue weighted by atomic mass is 32.1. The van der Waals surface area contributed by atoms with Crippen LogP contribution in [-0.4, -0.2) is 19.0 Å².